The quantitative estimate of drug-likeness (QED) is 0.521. The molecule has 1 aromatic carbocycles. The van der Waals surface area contributed by atoms with Crippen molar-refractivity contribution in [3.8, 4) is 0 Å². The molecule has 0 radical (unpaired) electrons. The average Bonchev–Trinajstić information content (AvgIpc) is 2.56. The second-order valence-corrected chi connectivity index (χ2v) is 5.40. The molecule has 1 amide bonds. The number of hydrogen-bond acceptors (Lipinski definition) is 4. The van der Waals surface area contributed by atoms with Crippen LogP contribution in [0, 0.1) is 16.0 Å². The topological polar surface area (TPSA) is 89.5 Å². The number of benzene rings is 1. The molecule has 1 heterocycles. The molecule has 108 valence electrons. The standard InChI is InChI=1S/C14H19N3O3/c1-10-2-5-14(18)16(7-6-10)9-11-3-4-12(15)13(8-11)17(19)20/h3-4,8,10H,2,5-7,9,15H2,1H3. The summed E-state index contributed by atoms with van der Waals surface area (Å²) in [5, 5.41) is 10.9. The molecule has 1 atom stereocenters. The number of rotatable bonds is 3. The molecule has 0 spiro atoms. The van der Waals surface area contributed by atoms with Crippen molar-refractivity contribution in [1.82, 2.24) is 4.90 Å². The van der Waals surface area contributed by atoms with Crippen LogP contribution in [0.2, 0.25) is 0 Å². The second kappa shape index (κ2) is 5.90. The van der Waals surface area contributed by atoms with Gasteiger partial charge in [-0.25, -0.2) is 0 Å². The van der Waals surface area contributed by atoms with Gasteiger partial charge in [0.25, 0.3) is 5.69 Å². The zero-order valence-corrected chi connectivity index (χ0v) is 11.5. The van der Waals surface area contributed by atoms with Crippen LogP contribution in [0.1, 0.15) is 31.7 Å². The number of nitro benzene ring substituents is 1. The number of nitrogen functional groups attached to an aromatic ring is 1. The lowest BCUT2D eigenvalue weighted by Gasteiger charge is -2.20. The van der Waals surface area contributed by atoms with Gasteiger partial charge in [-0.15, -0.1) is 0 Å². The van der Waals surface area contributed by atoms with Crippen molar-refractivity contribution in [1.29, 1.82) is 0 Å². The highest BCUT2D eigenvalue weighted by molar-refractivity contribution is 5.76. The molecule has 0 saturated carbocycles. The molecule has 0 aliphatic carbocycles. The zero-order valence-electron chi connectivity index (χ0n) is 11.5. The molecule has 1 unspecified atom stereocenters. The Labute approximate surface area is 117 Å². The first-order valence-corrected chi connectivity index (χ1v) is 6.78. The zero-order chi connectivity index (χ0) is 14.7. The summed E-state index contributed by atoms with van der Waals surface area (Å²) >= 11 is 0. The van der Waals surface area contributed by atoms with Gasteiger partial charge < -0.3 is 10.6 Å². The normalized spacial score (nSPS) is 19.8. The number of nitro groups is 1. The third-order valence-corrected chi connectivity index (χ3v) is 3.76. The molecule has 2 rings (SSSR count). The summed E-state index contributed by atoms with van der Waals surface area (Å²) in [7, 11) is 0. The van der Waals surface area contributed by atoms with Crippen LogP contribution in [0.3, 0.4) is 0 Å². The van der Waals surface area contributed by atoms with Gasteiger partial charge in [-0.1, -0.05) is 13.0 Å². The van der Waals surface area contributed by atoms with Crippen LogP contribution in [-0.4, -0.2) is 22.3 Å². The van der Waals surface area contributed by atoms with Crippen LogP contribution in [0.25, 0.3) is 0 Å². The highest BCUT2D eigenvalue weighted by atomic mass is 16.6. The Balaban J connectivity index is 2.14. The lowest BCUT2D eigenvalue weighted by atomic mass is 10.0. The Morgan fingerprint density at radius 1 is 1.45 bits per heavy atom. The van der Waals surface area contributed by atoms with Gasteiger partial charge in [0.15, 0.2) is 0 Å². The number of likely N-dealkylation sites (tertiary alicyclic amines) is 1. The van der Waals surface area contributed by atoms with Crippen molar-refractivity contribution in [3.05, 3.63) is 33.9 Å². The molecule has 6 nitrogen and oxygen atoms in total. The summed E-state index contributed by atoms with van der Waals surface area (Å²) in [6, 6.07) is 4.72. The van der Waals surface area contributed by atoms with Crippen LogP contribution in [0.4, 0.5) is 11.4 Å². The monoisotopic (exact) mass is 277 g/mol. The van der Waals surface area contributed by atoms with E-state index in [0.29, 0.717) is 25.4 Å². The number of carbonyl (C=O) groups excluding carboxylic acids is 1. The first-order valence-electron chi connectivity index (χ1n) is 6.78. The minimum Gasteiger partial charge on any atom is -0.393 e. The van der Waals surface area contributed by atoms with E-state index in [0.717, 1.165) is 18.4 Å². The molecule has 0 bridgehead atoms. The molecule has 1 aliphatic heterocycles. The van der Waals surface area contributed by atoms with Gasteiger partial charge in [-0.05, 0) is 30.4 Å². The van der Waals surface area contributed by atoms with E-state index in [-0.39, 0.29) is 17.3 Å². The molecule has 20 heavy (non-hydrogen) atoms. The molecular formula is C14H19N3O3. The lowest BCUT2D eigenvalue weighted by molar-refractivity contribution is -0.384. The summed E-state index contributed by atoms with van der Waals surface area (Å²) in [5.74, 6) is 0.665. The summed E-state index contributed by atoms with van der Waals surface area (Å²) in [6.45, 7) is 3.26. The van der Waals surface area contributed by atoms with E-state index < -0.39 is 4.92 Å². The van der Waals surface area contributed by atoms with Gasteiger partial charge in [0.2, 0.25) is 5.91 Å². The maximum atomic E-state index is 12.0. The Bertz CT molecular complexity index is 530. The minimum absolute atomic E-state index is 0.0989. The van der Waals surface area contributed by atoms with E-state index in [1.54, 1.807) is 11.0 Å². The lowest BCUT2D eigenvalue weighted by Crippen LogP contribution is -2.29. The van der Waals surface area contributed by atoms with E-state index in [9.17, 15) is 14.9 Å². The first kappa shape index (κ1) is 14.3. The number of carbonyl (C=O) groups is 1. The maximum absolute atomic E-state index is 12.0. The molecule has 1 aliphatic rings. The number of nitrogens with two attached hydrogens (primary N) is 1. The Morgan fingerprint density at radius 2 is 2.20 bits per heavy atom. The van der Waals surface area contributed by atoms with Gasteiger partial charge in [0.05, 0.1) is 4.92 Å². The van der Waals surface area contributed by atoms with Crippen LogP contribution < -0.4 is 5.73 Å². The van der Waals surface area contributed by atoms with E-state index in [4.69, 9.17) is 5.73 Å². The predicted molar refractivity (Wildman–Crippen MR) is 75.9 cm³/mol. The van der Waals surface area contributed by atoms with E-state index in [1.807, 2.05) is 0 Å². The van der Waals surface area contributed by atoms with Gasteiger partial charge in [-0.2, -0.15) is 0 Å². The van der Waals surface area contributed by atoms with Crippen molar-refractivity contribution in [2.75, 3.05) is 12.3 Å². The van der Waals surface area contributed by atoms with Gasteiger partial charge >= 0.3 is 0 Å². The predicted octanol–water partition coefficient (Wildman–Crippen LogP) is 2.33. The minimum atomic E-state index is -0.495. The SMILES string of the molecule is CC1CCC(=O)N(Cc2ccc(N)c([N+](=O)[O-])c2)CC1. The molecule has 1 aromatic rings. The molecule has 0 aromatic heterocycles. The largest absolute Gasteiger partial charge is 0.393 e. The maximum Gasteiger partial charge on any atom is 0.292 e. The van der Waals surface area contributed by atoms with Crippen molar-refractivity contribution in [2.45, 2.75) is 32.7 Å². The fraction of sp³-hybridized carbons (Fsp3) is 0.500. The third-order valence-electron chi connectivity index (χ3n) is 3.76. The molecule has 1 saturated heterocycles. The molecule has 2 N–H and O–H groups in total. The van der Waals surface area contributed by atoms with E-state index in [2.05, 4.69) is 6.92 Å². The second-order valence-electron chi connectivity index (χ2n) is 5.40. The first-order chi connectivity index (χ1) is 9.47. The number of anilines is 1. The number of hydrogen-bond donors (Lipinski definition) is 1. The van der Waals surface area contributed by atoms with E-state index in [1.165, 1.54) is 12.1 Å². The van der Waals surface area contributed by atoms with Crippen molar-refractivity contribution in [2.24, 2.45) is 5.92 Å². The summed E-state index contributed by atoms with van der Waals surface area (Å²) < 4.78 is 0. The Kier molecular flexibility index (Phi) is 4.22. The fourth-order valence-corrected chi connectivity index (χ4v) is 2.41. The molecule has 1 fully saturated rings. The summed E-state index contributed by atoms with van der Waals surface area (Å²) in [5.41, 5.74) is 6.36. The Morgan fingerprint density at radius 3 is 2.90 bits per heavy atom. The Hall–Kier alpha value is -2.11. The highest BCUT2D eigenvalue weighted by Crippen LogP contribution is 2.24. The molecule has 6 heteroatoms. The van der Waals surface area contributed by atoms with Crippen molar-refractivity contribution in [3.63, 3.8) is 0 Å². The molecular weight excluding hydrogens is 258 g/mol. The number of nitrogens with zero attached hydrogens (tertiary/aromatic N) is 2. The highest BCUT2D eigenvalue weighted by Gasteiger charge is 2.21. The van der Waals surface area contributed by atoms with Crippen molar-refractivity contribution >= 4 is 17.3 Å². The smallest absolute Gasteiger partial charge is 0.292 e. The number of amides is 1. The summed E-state index contributed by atoms with van der Waals surface area (Å²) in [4.78, 5) is 24.2. The van der Waals surface area contributed by atoms with Crippen molar-refractivity contribution < 1.29 is 9.72 Å². The van der Waals surface area contributed by atoms with Crippen LogP contribution in [-0.2, 0) is 11.3 Å². The van der Waals surface area contributed by atoms with Gasteiger partial charge in [-0.3, -0.25) is 14.9 Å². The van der Waals surface area contributed by atoms with E-state index >= 15 is 0 Å². The third kappa shape index (κ3) is 3.26. The summed E-state index contributed by atoms with van der Waals surface area (Å²) in [6.07, 6.45) is 2.44. The van der Waals surface area contributed by atoms with Crippen LogP contribution in [0.5, 0.6) is 0 Å². The van der Waals surface area contributed by atoms with Gasteiger partial charge in [0, 0.05) is 25.6 Å². The fourth-order valence-electron chi connectivity index (χ4n) is 2.41. The van der Waals surface area contributed by atoms with Crippen LogP contribution >= 0.6 is 0 Å². The average molecular weight is 277 g/mol. The van der Waals surface area contributed by atoms with Gasteiger partial charge in [0.1, 0.15) is 5.69 Å². The van der Waals surface area contributed by atoms with Crippen LogP contribution in [0.15, 0.2) is 18.2 Å².